The summed E-state index contributed by atoms with van der Waals surface area (Å²) in [7, 11) is 0. The Balaban J connectivity index is 1.53. The lowest BCUT2D eigenvalue weighted by Crippen LogP contribution is -2.06. The standard InChI is InChI=1S/C35H22N6/c1-3-13-23(14-4-1)32-36-27-19-9-7-17-25(27)33(38-32)41-29-21-11-8-18-26(29)31-34(41)39(24-15-5-2-6-16-24)35-37-28-20-10-12-22-30(28)40(31)35/h1-22H. The fourth-order valence-corrected chi connectivity index (χ4v) is 6.09. The Bertz CT molecular complexity index is 2410. The Morgan fingerprint density at radius 3 is 1.90 bits per heavy atom. The van der Waals surface area contributed by atoms with Gasteiger partial charge in [0, 0.05) is 16.3 Å². The van der Waals surface area contributed by atoms with Crippen LogP contribution >= 0.6 is 0 Å². The fraction of sp³-hybridized carbons (Fsp3) is 0. The minimum atomic E-state index is 0.693. The second kappa shape index (κ2) is 8.37. The van der Waals surface area contributed by atoms with E-state index < -0.39 is 0 Å². The molecule has 0 aliphatic carbocycles. The molecule has 0 unspecified atom stereocenters. The number of fused-ring (bicyclic) bond motifs is 8. The molecule has 0 N–H and O–H groups in total. The fourth-order valence-electron chi connectivity index (χ4n) is 6.09. The van der Waals surface area contributed by atoms with Crippen molar-refractivity contribution in [3.8, 4) is 22.9 Å². The molecule has 0 saturated carbocycles. The Hall–Kier alpha value is -5.75. The summed E-state index contributed by atoms with van der Waals surface area (Å²) < 4.78 is 6.84. The highest BCUT2D eigenvalue weighted by molar-refractivity contribution is 6.11. The van der Waals surface area contributed by atoms with Crippen molar-refractivity contribution in [1.82, 2.24) is 28.5 Å². The predicted molar refractivity (Wildman–Crippen MR) is 165 cm³/mol. The van der Waals surface area contributed by atoms with Gasteiger partial charge in [0.05, 0.1) is 27.8 Å². The maximum atomic E-state index is 5.27. The van der Waals surface area contributed by atoms with E-state index in [4.69, 9.17) is 15.0 Å². The highest BCUT2D eigenvalue weighted by Crippen LogP contribution is 2.39. The molecule has 0 aliphatic rings. The summed E-state index contributed by atoms with van der Waals surface area (Å²) in [6.07, 6.45) is 0. The van der Waals surface area contributed by atoms with E-state index in [-0.39, 0.29) is 0 Å². The van der Waals surface area contributed by atoms with Crippen molar-refractivity contribution >= 4 is 49.8 Å². The SMILES string of the molecule is c1ccc(-c2nc(-n3c4ccccc4c4c3n(-c3ccccc3)c3nc5ccccc5n43)c3ccccc3n2)cc1. The normalized spacial score (nSPS) is 11.9. The first-order chi connectivity index (χ1) is 20.4. The average molecular weight is 527 g/mol. The van der Waals surface area contributed by atoms with Crippen LogP contribution in [0.4, 0.5) is 0 Å². The van der Waals surface area contributed by atoms with Crippen LogP contribution in [0.5, 0.6) is 0 Å². The van der Waals surface area contributed by atoms with Gasteiger partial charge in [-0.1, -0.05) is 91.0 Å². The quantitative estimate of drug-likeness (QED) is 0.234. The first-order valence-electron chi connectivity index (χ1n) is 13.7. The van der Waals surface area contributed by atoms with Gasteiger partial charge in [-0.05, 0) is 42.5 Å². The number of imidazole rings is 2. The van der Waals surface area contributed by atoms with Crippen LogP contribution in [-0.2, 0) is 0 Å². The summed E-state index contributed by atoms with van der Waals surface area (Å²) in [5, 5.41) is 2.12. The van der Waals surface area contributed by atoms with Gasteiger partial charge in [-0.3, -0.25) is 13.5 Å². The van der Waals surface area contributed by atoms with Crippen LogP contribution in [-0.4, -0.2) is 28.5 Å². The van der Waals surface area contributed by atoms with Crippen LogP contribution in [0.25, 0.3) is 72.7 Å². The van der Waals surface area contributed by atoms with Gasteiger partial charge in [0.15, 0.2) is 17.3 Å². The van der Waals surface area contributed by atoms with Crippen molar-refractivity contribution < 1.29 is 0 Å². The number of para-hydroxylation sites is 5. The lowest BCUT2D eigenvalue weighted by molar-refractivity contribution is 1.01. The lowest BCUT2D eigenvalue weighted by Gasteiger charge is -2.14. The monoisotopic (exact) mass is 526 g/mol. The Labute approximate surface area is 234 Å². The van der Waals surface area contributed by atoms with E-state index in [9.17, 15) is 0 Å². The zero-order chi connectivity index (χ0) is 26.9. The minimum absolute atomic E-state index is 0.693. The molecule has 9 aromatic rings. The summed E-state index contributed by atoms with van der Waals surface area (Å²) in [6, 6.07) is 45.8. The van der Waals surface area contributed by atoms with E-state index >= 15 is 0 Å². The number of rotatable bonds is 3. The molecule has 0 aliphatic heterocycles. The molecular weight excluding hydrogens is 504 g/mol. The summed E-state index contributed by atoms with van der Waals surface area (Å²) in [5.74, 6) is 2.39. The summed E-state index contributed by atoms with van der Waals surface area (Å²) in [6.45, 7) is 0. The number of hydrogen-bond donors (Lipinski definition) is 0. The van der Waals surface area contributed by atoms with Crippen molar-refractivity contribution in [3.05, 3.63) is 133 Å². The van der Waals surface area contributed by atoms with Gasteiger partial charge in [-0.2, -0.15) is 0 Å². The third kappa shape index (κ3) is 3.10. The average Bonchev–Trinajstić information content (AvgIpc) is 3.67. The van der Waals surface area contributed by atoms with Crippen LogP contribution in [0.3, 0.4) is 0 Å². The molecule has 4 heterocycles. The summed E-state index contributed by atoms with van der Waals surface area (Å²) in [4.78, 5) is 15.4. The Kier molecular flexibility index (Phi) is 4.51. The molecule has 0 fully saturated rings. The van der Waals surface area contributed by atoms with E-state index in [0.717, 1.165) is 66.8 Å². The molecule has 192 valence electrons. The van der Waals surface area contributed by atoms with Crippen molar-refractivity contribution in [2.45, 2.75) is 0 Å². The Morgan fingerprint density at radius 1 is 0.463 bits per heavy atom. The molecule has 4 aromatic heterocycles. The molecular formula is C35H22N6. The molecule has 0 radical (unpaired) electrons. The zero-order valence-corrected chi connectivity index (χ0v) is 21.9. The molecule has 0 saturated heterocycles. The summed E-state index contributed by atoms with van der Waals surface area (Å²) >= 11 is 0. The molecule has 6 heteroatoms. The van der Waals surface area contributed by atoms with E-state index in [1.165, 1.54) is 0 Å². The van der Waals surface area contributed by atoms with E-state index in [1.807, 2.05) is 36.4 Å². The molecule has 6 nitrogen and oxygen atoms in total. The van der Waals surface area contributed by atoms with Crippen LogP contribution < -0.4 is 0 Å². The molecule has 0 atom stereocenters. The van der Waals surface area contributed by atoms with Crippen molar-refractivity contribution in [2.24, 2.45) is 0 Å². The highest BCUT2D eigenvalue weighted by Gasteiger charge is 2.26. The zero-order valence-electron chi connectivity index (χ0n) is 21.9. The molecule has 0 bridgehead atoms. The minimum Gasteiger partial charge on any atom is -0.277 e. The van der Waals surface area contributed by atoms with E-state index in [0.29, 0.717) is 5.82 Å². The highest BCUT2D eigenvalue weighted by atomic mass is 15.3. The van der Waals surface area contributed by atoms with Crippen LogP contribution in [0.2, 0.25) is 0 Å². The maximum Gasteiger partial charge on any atom is 0.221 e. The Morgan fingerprint density at radius 2 is 1.10 bits per heavy atom. The van der Waals surface area contributed by atoms with Crippen LogP contribution in [0, 0.1) is 0 Å². The number of aromatic nitrogens is 6. The predicted octanol–water partition coefficient (Wildman–Crippen LogP) is 7.99. The molecule has 0 amide bonds. The number of nitrogens with zero attached hydrogens (tertiary/aromatic N) is 6. The topological polar surface area (TPSA) is 52.9 Å². The van der Waals surface area contributed by atoms with Gasteiger partial charge in [-0.25, -0.2) is 15.0 Å². The lowest BCUT2D eigenvalue weighted by atomic mass is 10.2. The third-order valence-electron chi connectivity index (χ3n) is 7.84. The maximum absolute atomic E-state index is 5.27. The molecule has 41 heavy (non-hydrogen) atoms. The third-order valence-corrected chi connectivity index (χ3v) is 7.84. The van der Waals surface area contributed by atoms with Crippen molar-refractivity contribution in [3.63, 3.8) is 0 Å². The van der Waals surface area contributed by atoms with Crippen LogP contribution in [0.1, 0.15) is 0 Å². The first-order valence-corrected chi connectivity index (χ1v) is 13.7. The first kappa shape index (κ1) is 22.1. The van der Waals surface area contributed by atoms with Gasteiger partial charge in [0.1, 0.15) is 5.52 Å². The van der Waals surface area contributed by atoms with E-state index in [1.54, 1.807) is 0 Å². The van der Waals surface area contributed by atoms with Gasteiger partial charge < -0.3 is 0 Å². The number of benzene rings is 5. The molecule has 5 aromatic carbocycles. The van der Waals surface area contributed by atoms with Crippen molar-refractivity contribution in [2.75, 3.05) is 0 Å². The van der Waals surface area contributed by atoms with Gasteiger partial charge in [0.2, 0.25) is 5.78 Å². The van der Waals surface area contributed by atoms with Crippen LogP contribution in [0.15, 0.2) is 133 Å². The van der Waals surface area contributed by atoms with Gasteiger partial charge in [-0.15, -0.1) is 0 Å². The molecule has 9 rings (SSSR count). The molecule has 0 spiro atoms. The second-order valence-electron chi connectivity index (χ2n) is 10.2. The van der Waals surface area contributed by atoms with Crippen molar-refractivity contribution in [1.29, 1.82) is 0 Å². The summed E-state index contributed by atoms with van der Waals surface area (Å²) in [5.41, 5.74) is 8.12. The largest absolute Gasteiger partial charge is 0.277 e. The van der Waals surface area contributed by atoms with Gasteiger partial charge >= 0.3 is 0 Å². The second-order valence-corrected chi connectivity index (χ2v) is 10.2. The van der Waals surface area contributed by atoms with E-state index in [2.05, 4.69) is 111 Å². The number of hydrogen-bond acceptors (Lipinski definition) is 3. The van der Waals surface area contributed by atoms with Gasteiger partial charge in [0.25, 0.3) is 0 Å². The smallest absolute Gasteiger partial charge is 0.221 e.